The van der Waals surface area contributed by atoms with Gasteiger partial charge in [0.15, 0.2) is 5.96 Å². The van der Waals surface area contributed by atoms with Gasteiger partial charge in [0, 0.05) is 17.4 Å². The average molecular weight is 309 g/mol. The number of rotatable bonds is 3. The van der Waals surface area contributed by atoms with Gasteiger partial charge in [-0.3, -0.25) is 5.41 Å². The molecule has 0 atom stereocenters. The third kappa shape index (κ3) is 4.15. The number of methoxy groups -OCH3 is 1. The molecule has 0 aromatic heterocycles. The van der Waals surface area contributed by atoms with Crippen LogP contribution in [-0.2, 0) is 6.18 Å². The van der Waals surface area contributed by atoms with Gasteiger partial charge >= 0.3 is 6.18 Å². The molecule has 7 heteroatoms. The first kappa shape index (κ1) is 15.7. The summed E-state index contributed by atoms with van der Waals surface area (Å²) >= 11 is 0. The lowest BCUT2D eigenvalue weighted by atomic mass is 10.2. The van der Waals surface area contributed by atoms with Crippen molar-refractivity contribution in [3.63, 3.8) is 0 Å². The molecule has 0 heterocycles. The Balaban J connectivity index is 2.06. The number of nitrogens with one attached hydrogen (secondary N) is 3. The molecule has 0 saturated heterocycles. The quantitative estimate of drug-likeness (QED) is 0.589. The molecule has 0 aliphatic rings. The standard InChI is InChI=1S/C15H14F3N3O/c1-22-13-7-3-6-12(9-13)21-14(19)20-11-5-2-4-10(8-11)15(16,17)18/h2-9H,1H3,(H3,19,20,21). The van der Waals surface area contributed by atoms with E-state index in [9.17, 15) is 13.2 Å². The lowest BCUT2D eigenvalue weighted by Crippen LogP contribution is -2.20. The molecule has 0 spiro atoms. The number of hydrogen-bond acceptors (Lipinski definition) is 2. The third-order valence-corrected chi connectivity index (χ3v) is 2.80. The van der Waals surface area contributed by atoms with E-state index in [0.717, 1.165) is 12.1 Å². The largest absolute Gasteiger partial charge is 0.497 e. The molecule has 0 bridgehead atoms. The van der Waals surface area contributed by atoms with Crippen molar-refractivity contribution < 1.29 is 17.9 Å². The van der Waals surface area contributed by atoms with Crippen molar-refractivity contribution in [1.29, 1.82) is 5.41 Å². The normalized spacial score (nSPS) is 10.9. The highest BCUT2D eigenvalue weighted by Gasteiger charge is 2.30. The Labute approximate surface area is 125 Å². The monoisotopic (exact) mass is 309 g/mol. The maximum atomic E-state index is 12.6. The molecule has 3 N–H and O–H groups in total. The molecule has 0 aliphatic heterocycles. The van der Waals surface area contributed by atoms with Crippen molar-refractivity contribution in [3.8, 4) is 5.75 Å². The van der Waals surface area contributed by atoms with Gasteiger partial charge in [0.05, 0.1) is 12.7 Å². The van der Waals surface area contributed by atoms with E-state index in [1.807, 2.05) is 0 Å². The molecular formula is C15H14F3N3O. The predicted octanol–water partition coefficient (Wildman–Crippen LogP) is 4.17. The smallest absolute Gasteiger partial charge is 0.416 e. The summed E-state index contributed by atoms with van der Waals surface area (Å²) in [6.07, 6.45) is -4.42. The van der Waals surface area contributed by atoms with Gasteiger partial charge in [0.25, 0.3) is 0 Å². The topological polar surface area (TPSA) is 57.1 Å². The predicted molar refractivity (Wildman–Crippen MR) is 79.4 cm³/mol. The molecule has 0 unspecified atom stereocenters. The highest BCUT2D eigenvalue weighted by atomic mass is 19.4. The maximum Gasteiger partial charge on any atom is 0.416 e. The molecule has 0 saturated carbocycles. The Morgan fingerprint density at radius 3 is 2.18 bits per heavy atom. The molecule has 0 aliphatic carbocycles. The van der Waals surface area contributed by atoms with Crippen molar-refractivity contribution in [2.24, 2.45) is 0 Å². The lowest BCUT2D eigenvalue weighted by molar-refractivity contribution is -0.137. The number of hydrogen-bond donors (Lipinski definition) is 3. The summed E-state index contributed by atoms with van der Waals surface area (Å²) in [5, 5.41) is 13.1. The highest BCUT2D eigenvalue weighted by Crippen LogP contribution is 2.30. The van der Waals surface area contributed by atoms with Crippen LogP contribution in [0, 0.1) is 5.41 Å². The van der Waals surface area contributed by atoms with Crippen LogP contribution >= 0.6 is 0 Å². The summed E-state index contributed by atoms with van der Waals surface area (Å²) in [5.41, 5.74) is -0.00859. The second-order valence-electron chi connectivity index (χ2n) is 4.44. The van der Waals surface area contributed by atoms with E-state index in [4.69, 9.17) is 10.1 Å². The second-order valence-corrected chi connectivity index (χ2v) is 4.44. The number of halogens is 3. The van der Waals surface area contributed by atoms with Gasteiger partial charge < -0.3 is 15.4 Å². The minimum atomic E-state index is -4.42. The van der Waals surface area contributed by atoms with Gasteiger partial charge in [0.2, 0.25) is 0 Å². The van der Waals surface area contributed by atoms with Crippen LogP contribution in [0.5, 0.6) is 5.75 Å². The van der Waals surface area contributed by atoms with Gasteiger partial charge in [-0.1, -0.05) is 12.1 Å². The zero-order valence-electron chi connectivity index (χ0n) is 11.7. The van der Waals surface area contributed by atoms with Crippen LogP contribution in [0.3, 0.4) is 0 Å². The minimum absolute atomic E-state index is 0.146. The van der Waals surface area contributed by atoms with Crippen LogP contribution in [-0.4, -0.2) is 13.1 Å². The molecule has 4 nitrogen and oxygen atoms in total. The van der Waals surface area contributed by atoms with Gasteiger partial charge in [0.1, 0.15) is 5.75 Å². The van der Waals surface area contributed by atoms with Crippen LogP contribution in [0.15, 0.2) is 48.5 Å². The summed E-state index contributed by atoms with van der Waals surface area (Å²) in [7, 11) is 1.52. The van der Waals surface area contributed by atoms with E-state index in [-0.39, 0.29) is 11.6 Å². The van der Waals surface area contributed by atoms with E-state index in [0.29, 0.717) is 11.4 Å². The van der Waals surface area contributed by atoms with Crippen molar-refractivity contribution in [3.05, 3.63) is 54.1 Å². The fourth-order valence-corrected chi connectivity index (χ4v) is 1.79. The van der Waals surface area contributed by atoms with Crippen LogP contribution < -0.4 is 15.4 Å². The number of guanidine groups is 1. The first-order valence-electron chi connectivity index (χ1n) is 6.32. The SMILES string of the molecule is COc1cccc(NC(=N)Nc2cccc(C(F)(F)F)c2)c1. The lowest BCUT2D eigenvalue weighted by Gasteiger charge is -2.13. The third-order valence-electron chi connectivity index (χ3n) is 2.80. The maximum absolute atomic E-state index is 12.6. The molecule has 116 valence electrons. The van der Waals surface area contributed by atoms with E-state index in [1.54, 1.807) is 24.3 Å². The average Bonchev–Trinajstić information content (AvgIpc) is 2.46. The molecule has 2 aromatic rings. The molecule has 0 amide bonds. The molecule has 0 radical (unpaired) electrons. The summed E-state index contributed by atoms with van der Waals surface area (Å²) in [5.74, 6) is 0.462. The zero-order valence-corrected chi connectivity index (χ0v) is 11.7. The Hall–Kier alpha value is -2.70. The Morgan fingerprint density at radius 1 is 1.00 bits per heavy atom. The molecule has 22 heavy (non-hydrogen) atoms. The highest BCUT2D eigenvalue weighted by molar-refractivity contribution is 6.01. The van der Waals surface area contributed by atoms with E-state index < -0.39 is 11.7 Å². The first-order chi connectivity index (χ1) is 10.4. The summed E-state index contributed by atoms with van der Waals surface area (Å²) in [6, 6.07) is 11.5. The Morgan fingerprint density at radius 2 is 1.59 bits per heavy atom. The fourth-order valence-electron chi connectivity index (χ4n) is 1.79. The molecular weight excluding hydrogens is 295 g/mol. The fraction of sp³-hybridized carbons (Fsp3) is 0.133. The van der Waals surface area contributed by atoms with Crippen molar-refractivity contribution in [2.75, 3.05) is 17.7 Å². The van der Waals surface area contributed by atoms with Crippen molar-refractivity contribution in [1.82, 2.24) is 0 Å². The van der Waals surface area contributed by atoms with Gasteiger partial charge in [-0.2, -0.15) is 13.2 Å². The number of alkyl halides is 3. The van der Waals surface area contributed by atoms with Crippen molar-refractivity contribution in [2.45, 2.75) is 6.18 Å². The first-order valence-corrected chi connectivity index (χ1v) is 6.32. The number of ether oxygens (including phenoxy) is 1. The number of benzene rings is 2. The van der Waals surface area contributed by atoms with Gasteiger partial charge in [-0.15, -0.1) is 0 Å². The summed E-state index contributed by atoms with van der Waals surface area (Å²) in [4.78, 5) is 0. The molecule has 2 rings (SSSR count). The van der Waals surface area contributed by atoms with Crippen LogP contribution in [0.1, 0.15) is 5.56 Å². The summed E-state index contributed by atoms with van der Waals surface area (Å²) < 4.78 is 42.9. The van der Waals surface area contributed by atoms with Crippen LogP contribution in [0.4, 0.5) is 24.5 Å². The van der Waals surface area contributed by atoms with Crippen molar-refractivity contribution >= 4 is 17.3 Å². The molecule has 2 aromatic carbocycles. The van der Waals surface area contributed by atoms with Gasteiger partial charge in [-0.25, -0.2) is 0 Å². The van der Waals surface area contributed by atoms with E-state index in [1.165, 1.54) is 19.2 Å². The molecule has 0 fully saturated rings. The second kappa shape index (κ2) is 6.38. The Kier molecular flexibility index (Phi) is 4.55. The number of anilines is 2. The van der Waals surface area contributed by atoms with E-state index >= 15 is 0 Å². The van der Waals surface area contributed by atoms with Crippen LogP contribution in [0.2, 0.25) is 0 Å². The summed E-state index contributed by atoms with van der Waals surface area (Å²) in [6.45, 7) is 0. The van der Waals surface area contributed by atoms with Crippen LogP contribution in [0.25, 0.3) is 0 Å². The van der Waals surface area contributed by atoms with E-state index in [2.05, 4.69) is 10.6 Å². The minimum Gasteiger partial charge on any atom is -0.497 e. The zero-order chi connectivity index (χ0) is 16.2. The Bertz CT molecular complexity index is 671. The van der Waals surface area contributed by atoms with Gasteiger partial charge in [-0.05, 0) is 30.3 Å².